The monoisotopic (exact) mass is 317 g/mol. The minimum absolute atomic E-state index is 0.00306. The first-order valence-electron chi connectivity index (χ1n) is 7.13. The van der Waals surface area contributed by atoms with Crippen LogP contribution < -0.4 is 5.32 Å². The van der Waals surface area contributed by atoms with Gasteiger partial charge in [-0.25, -0.2) is 0 Å². The fraction of sp³-hybridized carbons (Fsp3) is 0.312. The third-order valence-corrected chi connectivity index (χ3v) is 3.61. The van der Waals surface area contributed by atoms with Crippen molar-refractivity contribution in [2.45, 2.75) is 13.0 Å². The molecule has 0 saturated carbocycles. The van der Waals surface area contributed by atoms with Crippen LogP contribution >= 0.6 is 0 Å². The molecular formula is C16H19N3O4. The standard InChI is InChI=1S/C16H19N3O4/c1-11-9-12(6-7-13(11)19(21)22)16(20)17-10-14(18(2)3)15-5-4-8-23-15/h4-9,14H,10H2,1-3H3,(H,17,20)/t14-/m0/s1. The van der Waals surface area contributed by atoms with Crippen molar-refractivity contribution in [3.63, 3.8) is 0 Å². The molecule has 0 saturated heterocycles. The minimum atomic E-state index is -0.462. The van der Waals surface area contributed by atoms with E-state index in [0.717, 1.165) is 5.76 Å². The van der Waals surface area contributed by atoms with Gasteiger partial charge < -0.3 is 9.73 Å². The van der Waals surface area contributed by atoms with E-state index in [1.54, 1.807) is 19.3 Å². The molecule has 0 aliphatic rings. The summed E-state index contributed by atoms with van der Waals surface area (Å²) in [4.78, 5) is 24.5. The van der Waals surface area contributed by atoms with E-state index in [1.165, 1.54) is 18.2 Å². The first-order chi connectivity index (χ1) is 10.9. The van der Waals surface area contributed by atoms with Gasteiger partial charge in [0.05, 0.1) is 17.2 Å². The van der Waals surface area contributed by atoms with Gasteiger partial charge in [-0.15, -0.1) is 0 Å². The van der Waals surface area contributed by atoms with Crippen LogP contribution in [0.15, 0.2) is 41.0 Å². The Kier molecular flexibility index (Phi) is 5.13. The number of hydrogen-bond acceptors (Lipinski definition) is 5. The maximum Gasteiger partial charge on any atom is 0.272 e. The lowest BCUT2D eigenvalue weighted by molar-refractivity contribution is -0.385. The lowest BCUT2D eigenvalue weighted by Gasteiger charge is -2.22. The quantitative estimate of drug-likeness (QED) is 0.653. The molecule has 1 N–H and O–H groups in total. The Labute approximate surface area is 134 Å². The second kappa shape index (κ2) is 7.06. The molecule has 1 heterocycles. The highest BCUT2D eigenvalue weighted by molar-refractivity contribution is 5.94. The molecule has 0 aliphatic heterocycles. The second-order valence-corrected chi connectivity index (χ2v) is 5.46. The van der Waals surface area contributed by atoms with Crippen molar-refractivity contribution in [2.24, 2.45) is 0 Å². The van der Waals surface area contributed by atoms with Crippen molar-refractivity contribution in [1.82, 2.24) is 10.2 Å². The Morgan fingerprint density at radius 3 is 2.65 bits per heavy atom. The number of aryl methyl sites for hydroxylation is 1. The zero-order valence-corrected chi connectivity index (χ0v) is 13.3. The molecule has 0 unspecified atom stereocenters. The molecule has 7 nitrogen and oxygen atoms in total. The van der Waals surface area contributed by atoms with Crippen LogP contribution in [0.4, 0.5) is 5.69 Å². The van der Waals surface area contributed by atoms with Crippen molar-refractivity contribution in [1.29, 1.82) is 0 Å². The summed E-state index contributed by atoms with van der Waals surface area (Å²) < 4.78 is 5.39. The van der Waals surface area contributed by atoms with Gasteiger partial charge >= 0.3 is 0 Å². The first-order valence-corrected chi connectivity index (χ1v) is 7.13. The molecule has 23 heavy (non-hydrogen) atoms. The summed E-state index contributed by atoms with van der Waals surface area (Å²) in [6.45, 7) is 1.98. The van der Waals surface area contributed by atoms with Gasteiger partial charge in [0.1, 0.15) is 5.76 Å². The average molecular weight is 317 g/mol. The summed E-state index contributed by atoms with van der Waals surface area (Å²) >= 11 is 0. The van der Waals surface area contributed by atoms with Gasteiger partial charge in [-0.05, 0) is 45.3 Å². The number of furan rings is 1. The summed E-state index contributed by atoms with van der Waals surface area (Å²) in [7, 11) is 3.80. The normalized spacial score (nSPS) is 12.2. The van der Waals surface area contributed by atoms with Gasteiger partial charge in [0.25, 0.3) is 11.6 Å². The number of carbonyl (C=O) groups is 1. The lowest BCUT2D eigenvalue weighted by Crippen LogP contribution is -2.34. The fourth-order valence-corrected chi connectivity index (χ4v) is 2.31. The van der Waals surface area contributed by atoms with Crippen molar-refractivity contribution in [3.8, 4) is 0 Å². The zero-order valence-electron chi connectivity index (χ0n) is 13.3. The molecule has 1 aromatic heterocycles. The van der Waals surface area contributed by atoms with E-state index in [2.05, 4.69) is 5.32 Å². The number of benzene rings is 1. The van der Waals surface area contributed by atoms with Crippen LogP contribution in [0.5, 0.6) is 0 Å². The lowest BCUT2D eigenvalue weighted by atomic mass is 10.1. The van der Waals surface area contributed by atoms with Crippen LogP contribution in [-0.2, 0) is 0 Å². The van der Waals surface area contributed by atoms with Crippen molar-refractivity contribution >= 4 is 11.6 Å². The van der Waals surface area contributed by atoms with Crippen LogP contribution in [0.1, 0.15) is 27.7 Å². The maximum atomic E-state index is 12.2. The predicted molar refractivity (Wildman–Crippen MR) is 85.3 cm³/mol. The van der Waals surface area contributed by atoms with E-state index in [0.29, 0.717) is 17.7 Å². The molecule has 1 atom stereocenters. The van der Waals surface area contributed by atoms with Gasteiger partial charge in [-0.1, -0.05) is 0 Å². The van der Waals surface area contributed by atoms with Gasteiger partial charge in [-0.3, -0.25) is 19.8 Å². The number of carbonyl (C=O) groups excluding carboxylic acids is 1. The summed E-state index contributed by atoms with van der Waals surface area (Å²) in [6.07, 6.45) is 1.59. The number of nitro benzene ring substituents is 1. The highest BCUT2D eigenvalue weighted by Crippen LogP contribution is 2.20. The number of likely N-dealkylation sites (N-methyl/N-ethyl adjacent to an activating group) is 1. The average Bonchev–Trinajstić information content (AvgIpc) is 3.00. The van der Waals surface area contributed by atoms with Crippen LogP contribution in [-0.4, -0.2) is 36.4 Å². The SMILES string of the molecule is Cc1cc(C(=O)NC[C@@H](c2ccco2)N(C)C)ccc1[N+](=O)[O-]. The first kappa shape index (κ1) is 16.7. The highest BCUT2D eigenvalue weighted by Gasteiger charge is 2.19. The molecular weight excluding hydrogens is 298 g/mol. The minimum Gasteiger partial charge on any atom is -0.468 e. The van der Waals surface area contributed by atoms with Gasteiger partial charge in [0, 0.05) is 23.7 Å². The van der Waals surface area contributed by atoms with E-state index >= 15 is 0 Å². The summed E-state index contributed by atoms with van der Waals surface area (Å²) in [6, 6.07) is 7.89. The van der Waals surface area contributed by atoms with Crippen LogP contribution in [0.2, 0.25) is 0 Å². The molecule has 0 bridgehead atoms. The largest absolute Gasteiger partial charge is 0.468 e. The van der Waals surface area contributed by atoms with E-state index in [-0.39, 0.29) is 17.6 Å². The Morgan fingerprint density at radius 2 is 2.13 bits per heavy atom. The van der Waals surface area contributed by atoms with Gasteiger partial charge in [0.15, 0.2) is 0 Å². The molecule has 0 radical (unpaired) electrons. The summed E-state index contributed by atoms with van der Waals surface area (Å²) in [5.74, 6) is 0.483. The highest BCUT2D eigenvalue weighted by atomic mass is 16.6. The number of nitrogens with zero attached hydrogens (tertiary/aromatic N) is 2. The second-order valence-electron chi connectivity index (χ2n) is 5.46. The smallest absolute Gasteiger partial charge is 0.272 e. The number of rotatable bonds is 6. The molecule has 2 aromatic rings. The molecule has 122 valence electrons. The van der Waals surface area contributed by atoms with E-state index < -0.39 is 4.92 Å². The summed E-state index contributed by atoms with van der Waals surface area (Å²) in [5, 5.41) is 13.6. The Hall–Kier alpha value is -2.67. The zero-order chi connectivity index (χ0) is 17.0. The van der Waals surface area contributed by atoms with Crippen LogP contribution in [0.25, 0.3) is 0 Å². The van der Waals surface area contributed by atoms with E-state index in [1.807, 2.05) is 25.1 Å². The maximum absolute atomic E-state index is 12.2. The van der Waals surface area contributed by atoms with Crippen LogP contribution in [0, 0.1) is 17.0 Å². The van der Waals surface area contributed by atoms with Gasteiger partial charge in [-0.2, -0.15) is 0 Å². The predicted octanol–water partition coefficient (Wildman–Crippen LogP) is 2.53. The third-order valence-electron chi connectivity index (χ3n) is 3.61. The van der Waals surface area contributed by atoms with Crippen LogP contribution in [0.3, 0.4) is 0 Å². The third kappa shape index (κ3) is 3.95. The molecule has 2 rings (SSSR count). The number of nitro groups is 1. The topological polar surface area (TPSA) is 88.6 Å². The van der Waals surface area contributed by atoms with E-state index in [4.69, 9.17) is 4.42 Å². The van der Waals surface area contributed by atoms with Gasteiger partial charge in [0.2, 0.25) is 0 Å². The fourth-order valence-electron chi connectivity index (χ4n) is 2.31. The van der Waals surface area contributed by atoms with Crippen molar-refractivity contribution in [3.05, 3.63) is 63.6 Å². The van der Waals surface area contributed by atoms with Crippen molar-refractivity contribution < 1.29 is 14.1 Å². The Morgan fingerprint density at radius 1 is 1.39 bits per heavy atom. The molecule has 1 amide bonds. The molecule has 0 spiro atoms. The molecule has 1 aromatic carbocycles. The number of nitrogens with one attached hydrogen (secondary N) is 1. The number of amides is 1. The molecule has 0 aliphatic carbocycles. The Balaban J connectivity index is 2.07. The van der Waals surface area contributed by atoms with E-state index in [9.17, 15) is 14.9 Å². The molecule has 0 fully saturated rings. The molecule has 7 heteroatoms. The number of hydrogen-bond donors (Lipinski definition) is 1. The van der Waals surface area contributed by atoms with Crippen molar-refractivity contribution in [2.75, 3.05) is 20.6 Å². The Bertz CT molecular complexity index is 695. The summed E-state index contributed by atoms with van der Waals surface area (Å²) in [5.41, 5.74) is 0.853.